The number of phenolic OH excluding ortho intramolecular Hbond substituents is 1. The molecular formula is C23H24N4O2. The second-order valence-electron chi connectivity index (χ2n) is 7.25. The fraction of sp³-hybridized carbons (Fsp3) is 0.217. The Labute approximate surface area is 170 Å². The highest BCUT2D eigenvalue weighted by atomic mass is 16.5. The average Bonchev–Trinajstić information content (AvgIpc) is 3.15. The largest absolute Gasteiger partial charge is 0.508 e. The van der Waals surface area contributed by atoms with Crippen LogP contribution in [0.1, 0.15) is 6.42 Å². The lowest BCUT2D eigenvalue weighted by Gasteiger charge is -2.10. The topological polar surface area (TPSA) is 62.9 Å². The minimum absolute atomic E-state index is 0.243. The Bertz CT molecular complexity index is 1100. The van der Waals surface area contributed by atoms with E-state index in [2.05, 4.69) is 29.2 Å². The van der Waals surface area contributed by atoms with Crippen molar-refractivity contribution in [3.05, 3.63) is 66.9 Å². The standard InChI is InChI=1S/C23H24N4O2/c1-26(2)13-4-14-29-21-10-7-17(8-11-21)23-25-24-22-12-9-19(16-27(22)23)18-5-3-6-20(28)15-18/h3,5-12,15-16,28H,4,13-14H2,1-2H3. The summed E-state index contributed by atoms with van der Waals surface area (Å²) in [5.41, 5.74) is 3.66. The first-order valence-electron chi connectivity index (χ1n) is 9.62. The number of phenols is 1. The molecule has 6 heteroatoms. The molecule has 2 heterocycles. The van der Waals surface area contributed by atoms with Gasteiger partial charge in [-0.3, -0.25) is 4.40 Å². The summed E-state index contributed by atoms with van der Waals surface area (Å²) in [5.74, 6) is 1.86. The fourth-order valence-corrected chi connectivity index (χ4v) is 3.21. The SMILES string of the molecule is CN(C)CCCOc1ccc(-c2nnc3ccc(-c4cccc(O)c4)cn23)cc1. The third kappa shape index (κ3) is 4.38. The van der Waals surface area contributed by atoms with Gasteiger partial charge < -0.3 is 14.7 Å². The van der Waals surface area contributed by atoms with E-state index >= 15 is 0 Å². The monoisotopic (exact) mass is 388 g/mol. The van der Waals surface area contributed by atoms with Crippen LogP contribution in [0.4, 0.5) is 0 Å². The Kier molecular flexibility index (Phi) is 5.44. The van der Waals surface area contributed by atoms with Crippen molar-refractivity contribution in [2.24, 2.45) is 0 Å². The zero-order chi connectivity index (χ0) is 20.2. The van der Waals surface area contributed by atoms with Gasteiger partial charge in [-0.15, -0.1) is 10.2 Å². The predicted octanol–water partition coefficient (Wildman–Crippen LogP) is 4.10. The van der Waals surface area contributed by atoms with E-state index in [1.165, 1.54) is 0 Å². The molecule has 1 N–H and O–H groups in total. The minimum atomic E-state index is 0.243. The van der Waals surface area contributed by atoms with Crippen LogP contribution in [0.25, 0.3) is 28.2 Å². The molecule has 0 bridgehead atoms. The summed E-state index contributed by atoms with van der Waals surface area (Å²) < 4.78 is 7.78. The summed E-state index contributed by atoms with van der Waals surface area (Å²) >= 11 is 0. The summed E-state index contributed by atoms with van der Waals surface area (Å²) in [6.45, 7) is 1.70. The lowest BCUT2D eigenvalue weighted by atomic mass is 10.1. The summed E-state index contributed by atoms with van der Waals surface area (Å²) in [6.07, 6.45) is 2.98. The van der Waals surface area contributed by atoms with E-state index in [0.29, 0.717) is 6.61 Å². The van der Waals surface area contributed by atoms with Crippen molar-refractivity contribution in [1.82, 2.24) is 19.5 Å². The smallest absolute Gasteiger partial charge is 0.168 e. The Morgan fingerprint density at radius 2 is 1.72 bits per heavy atom. The molecule has 0 spiro atoms. The first kappa shape index (κ1) is 19.0. The van der Waals surface area contributed by atoms with Gasteiger partial charge in [-0.25, -0.2) is 0 Å². The second kappa shape index (κ2) is 8.32. The number of ether oxygens (including phenoxy) is 1. The van der Waals surface area contributed by atoms with Crippen molar-refractivity contribution in [2.45, 2.75) is 6.42 Å². The molecule has 0 radical (unpaired) electrons. The third-order valence-corrected chi connectivity index (χ3v) is 4.71. The van der Waals surface area contributed by atoms with E-state index in [4.69, 9.17) is 4.74 Å². The molecule has 0 aliphatic carbocycles. The molecule has 0 amide bonds. The molecule has 2 aromatic carbocycles. The van der Waals surface area contributed by atoms with E-state index in [1.54, 1.807) is 12.1 Å². The number of benzene rings is 2. The number of pyridine rings is 1. The number of rotatable bonds is 7. The lowest BCUT2D eigenvalue weighted by Crippen LogP contribution is -2.15. The number of hydrogen-bond acceptors (Lipinski definition) is 5. The lowest BCUT2D eigenvalue weighted by molar-refractivity contribution is 0.281. The van der Waals surface area contributed by atoms with Crippen LogP contribution in [0, 0.1) is 0 Å². The van der Waals surface area contributed by atoms with Crippen molar-refractivity contribution in [1.29, 1.82) is 0 Å². The van der Waals surface area contributed by atoms with Crippen LogP contribution in [0.15, 0.2) is 66.9 Å². The van der Waals surface area contributed by atoms with Gasteiger partial charge in [0.15, 0.2) is 11.5 Å². The van der Waals surface area contributed by atoms with Gasteiger partial charge in [0.1, 0.15) is 11.5 Å². The molecule has 2 aromatic heterocycles. The van der Waals surface area contributed by atoms with Gasteiger partial charge in [0.05, 0.1) is 6.61 Å². The highest BCUT2D eigenvalue weighted by Gasteiger charge is 2.10. The highest BCUT2D eigenvalue weighted by Crippen LogP contribution is 2.26. The quantitative estimate of drug-likeness (QED) is 0.483. The summed E-state index contributed by atoms with van der Waals surface area (Å²) in [5, 5.41) is 18.4. The van der Waals surface area contributed by atoms with E-state index < -0.39 is 0 Å². The van der Waals surface area contributed by atoms with Gasteiger partial charge in [-0.1, -0.05) is 12.1 Å². The number of fused-ring (bicyclic) bond motifs is 1. The van der Waals surface area contributed by atoms with Crippen molar-refractivity contribution >= 4 is 5.65 Å². The number of aromatic hydroxyl groups is 1. The molecule has 0 saturated carbocycles. The van der Waals surface area contributed by atoms with Crippen LogP contribution in [0.2, 0.25) is 0 Å². The van der Waals surface area contributed by atoms with E-state index in [9.17, 15) is 5.11 Å². The summed E-state index contributed by atoms with van der Waals surface area (Å²) in [4.78, 5) is 2.15. The Hall–Kier alpha value is -3.38. The zero-order valence-electron chi connectivity index (χ0n) is 16.6. The molecule has 0 atom stereocenters. The Morgan fingerprint density at radius 3 is 2.48 bits per heavy atom. The van der Waals surface area contributed by atoms with E-state index in [-0.39, 0.29) is 5.75 Å². The van der Waals surface area contributed by atoms with Crippen LogP contribution < -0.4 is 4.74 Å². The Balaban J connectivity index is 1.56. The van der Waals surface area contributed by atoms with Gasteiger partial charge in [0, 0.05) is 18.3 Å². The molecule has 6 nitrogen and oxygen atoms in total. The molecule has 0 aliphatic heterocycles. The zero-order valence-corrected chi connectivity index (χ0v) is 16.6. The molecule has 0 unspecified atom stereocenters. The average molecular weight is 388 g/mol. The molecule has 0 aliphatic rings. The van der Waals surface area contributed by atoms with Gasteiger partial charge in [-0.05, 0) is 80.2 Å². The van der Waals surface area contributed by atoms with E-state index in [0.717, 1.165) is 46.9 Å². The molecule has 4 rings (SSSR count). The van der Waals surface area contributed by atoms with Gasteiger partial charge >= 0.3 is 0 Å². The van der Waals surface area contributed by atoms with Crippen molar-refractivity contribution < 1.29 is 9.84 Å². The second-order valence-corrected chi connectivity index (χ2v) is 7.25. The first-order valence-corrected chi connectivity index (χ1v) is 9.62. The molecule has 0 fully saturated rings. The van der Waals surface area contributed by atoms with Gasteiger partial charge in [0.25, 0.3) is 0 Å². The van der Waals surface area contributed by atoms with Gasteiger partial charge in [0.2, 0.25) is 0 Å². The van der Waals surface area contributed by atoms with Crippen LogP contribution in [-0.4, -0.2) is 51.9 Å². The van der Waals surface area contributed by atoms with Crippen molar-refractivity contribution in [3.8, 4) is 34.0 Å². The predicted molar refractivity (Wildman–Crippen MR) is 114 cm³/mol. The molecule has 4 aromatic rings. The van der Waals surface area contributed by atoms with Crippen LogP contribution in [0.3, 0.4) is 0 Å². The van der Waals surface area contributed by atoms with Crippen molar-refractivity contribution in [3.63, 3.8) is 0 Å². The number of nitrogens with zero attached hydrogens (tertiary/aromatic N) is 4. The van der Waals surface area contributed by atoms with E-state index in [1.807, 2.05) is 59.1 Å². The maximum absolute atomic E-state index is 9.76. The van der Waals surface area contributed by atoms with Gasteiger partial charge in [-0.2, -0.15) is 0 Å². The normalized spacial score (nSPS) is 11.3. The number of hydrogen-bond donors (Lipinski definition) is 1. The maximum Gasteiger partial charge on any atom is 0.168 e. The van der Waals surface area contributed by atoms with Crippen LogP contribution in [0.5, 0.6) is 11.5 Å². The third-order valence-electron chi connectivity index (χ3n) is 4.71. The Morgan fingerprint density at radius 1 is 0.931 bits per heavy atom. The first-order chi connectivity index (χ1) is 14.1. The van der Waals surface area contributed by atoms with Crippen LogP contribution in [-0.2, 0) is 0 Å². The molecule has 148 valence electrons. The fourth-order valence-electron chi connectivity index (χ4n) is 3.21. The molecule has 29 heavy (non-hydrogen) atoms. The van der Waals surface area contributed by atoms with Crippen LogP contribution >= 0.6 is 0 Å². The maximum atomic E-state index is 9.76. The summed E-state index contributed by atoms with van der Waals surface area (Å²) in [7, 11) is 4.12. The minimum Gasteiger partial charge on any atom is -0.508 e. The van der Waals surface area contributed by atoms with Crippen molar-refractivity contribution in [2.75, 3.05) is 27.2 Å². The highest BCUT2D eigenvalue weighted by molar-refractivity contribution is 5.68. The summed E-state index contributed by atoms with van der Waals surface area (Å²) in [6, 6.07) is 19.0. The molecular weight excluding hydrogens is 364 g/mol. The number of aromatic nitrogens is 3. The molecule has 0 saturated heterocycles.